The molecular weight excluding hydrogens is 370 g/mol. The minimum absolute atomic E-state index is 0.0412. The number of likely N-dealkylation sites (tertiary alicyclic amines) is 1. The van der Waals surface area contributed by atoms with Gasteiger partial charge in [0.15, 0.2) is 5.96 Å². The molecule has 1 aromatic carbocycles. The molecule has 1 aliphatic rings. The first-order chi connectivity index (χ1) is 13.1. The topological polar surface area (TPSA) is 92.9 Å². The molecule has 0 aliphatic carbocycles. The fraction of sp³-hybridized carbons (Fsp3) is 0.444. The Hall–Kier alpha value is -2.61. The molecule has 0 radical (unpaired) electrons. The van der Waals surface area contributed by atoms with Gasteiger partial charge in [-0.05, 0) is 25.0 Å². The van der Waals surface area contributed by atoms with Crippen LogP contribution in [0.4, 0.5) is 0 Å². The molecule has 0 unspecified atom stereocenters. The number of esters is 1. The quantitative estimate of drug-likeness (QED) is 0.485. The molecule has 0 spiro atoms. The van der Waals surface area contributed by atoms with Crippen molar-refractivity contribution in [3.8, 4) is 11.4 Å². The van der Waals surface area contributed by atoms with Crippen LogP contribution in [0.5, 0.6) is 0 Å². The van der Waals surface area contributed by atoms with Crippen molar-refractivity contribution in [1.29, 1.82) is 0 Å². The van der Waals surface area contributed by atoms with Crippen molar-refractivity contribution < 1.29 is 14.1 Å². The molecule has 8 nitrogen and oxygen atoms in total. The van der Waals surface area contributed by atoms with Crippen LogP contribution < -0.4 is 5.32 Å². The van der Waals surface area contributed by atoms with Gasteiger partial charge in [0.25, 0.3) is 0 Å². The van der Waals surface area contributed by atoms with Gasteiger partial charge in [-0.1, -0.05) is 28.9 Å². The highest BCUT2D eigenvalue weighted by Gasteiger charge is 2.27. The van der Waals surface area contributed by atoms with Gasteiger partial charge in [0.2, 0.25) is 11.7 Å². The Bertz CT molecular complexity index is 815. The van der Waals surface area contributed by atoms with E-state index in [0.717, 1.165) is 37.5 Å². The molecule has 9 heteroatoms. The minimum Gasteiger partial charge on any atom is -0.469 e. The number of nitrogens with zero attached hydrogens (tertiary/aromatic N) is 4. The number of halogens is 1. The van der Waals surface area contributed by atoms with Crippen molar-refractivity contribution in [3.63, 3.8) is 0 Å². The molecule has 0 saturated carbocycles. The third kappa shape index (κ3) is 4.77. The lowest BCUT2D eigenvalue weighted by molar-refractivity contribution is -0.146. The number of piperidine rings is 1. The average molecular weight is 392 g/mol. The molecule has 2 aromatic rings. The van der Waals surface area contributed by atoms with Crippen molar-refractivity contribution in [3.05, 3.63) is 35.2 Å². The summed E-state index contributed by atoms with van der Waals surface area (Å²) in [5.74, 6) is 1.50. The Morgan fingerprint density at radius 2 is 2.22 bits per heavy atom. The Morgan fingerprint density at radius 1 is 1.44 bits per heavy atom. The number of ether oxygens (including phenoxy) is 1. The van der Waals surface area contributed by atoms with Crippen molar-refractivity contribution in [2.24, 2.45) is 10.9 Å². The summed E-state index contributed by atoms with van der Waals surface area (Å²) in [5, 5.41) is 7.84. The maximum Gasteiger partial charge on any atom is 0.308 e. The number of benzene rings is 1. The summed E-state index contributed by atoms with van der Waals surface area (Å²) in [6.07, 6.45) is 1.49. The summed E-state index contributed by atoms with van der Waals surface area (Å²) in [4.78, 5) is 22.4. The maximum absolute atomic E-state index is 11.6. The second-order valence-corrected chi connectivity index (χ2v) is 6.64. The lowest BCUT2D eigenvalue weighted by Gasteiger charge is -2.32. The van der Waals surface area contributed by atoms with E-state index in [9.17, 15) is 4.79 Å². The van der Waals surface area contributed by atoms with Crippen LogP contribution in [0.15, 0.2) is 33.8 Å². The van der Waals surface area contributed by atoms with Gasteiger partial charge in [-0.2, -0.15) is 4.98 Å². The maximum atomic E-state index is 11.6. The van der Waals surface area contributed by atoms with Crippen molar-refractivity contribution >= 4 is 23.5 Å². The fourth-order valence-corrected chi connectivity index (χ4v) is 3.24. The summed E-state index contributed by atoms with van der Waals surface area (Å²) in [5.41, 5.74) is 0.798. The van der Waals surface area contributed by atoms with E-state index in [1.807, 2.05) is 12.1 Å². The largest absolute Gasteiger partial charge is 0.469 e. The monoisotopic (exact) mass is 391 g/mol. The summed E-state index contributed by atoms with van der Waals surface area (Å²) < 4.78 is 10.1. The highest BCUT2D eigenvalue weighted by atomic mass is 35.5. The first-order valence-electron chi connectivity index (χ1n) is 8.72. The zero-order valence-corrected chi connectivity index (χ0v) is 16.1. The van der Waals surface area contributed by atoms with Crippen LogP contribution in [0, 0.1) is 5.92 Å². The van der Waals surface area contributed by atoms with Crippen LogP contribution in [0.25, 0.3) is 11.4 Å². The van der Waals surface area contributed by atoms with E-state index < -0.39 is 0 Å². The molecule has 3 rings (SSSR count). The van der Waals surface area contributed by atoms with E-state index >= 15 is 0 Å². The van der Waals surface area contributed by atoms with Crippen LogP contribution in [0.1, 0.15) is 18.7 Å². The first-order valence-corrected chi connectivity index (χ1v) is 9.10. The van der Waals surface area contributed by atoms with Gasteiger partial charge in [-0.3, -0.25) is 9.79 Å². The molecule has 144 valence electrons. The van der Waals surface area contributed by atoms with Crippen LogP contribution in [-0.4, -0.2) is 54.2 Å². The van der Waals surface area contributed by atoms with Crippen molar-refractivity contribution in [2.45, 2.75) is 19.4 Å². The highest BCUT2D eigenvalue weighted by molar-refractivity contribution is 6.30. The number of rotatable bonds is 4. The van der Waals surface area contributed by atoms with Gasteiger partial charge in [-0.15, -0.1) is 0 Å². The molecular formula is C18H22ClN5O3. The molecule has 27 heavy (non-hydrogen) atoms. The van der Waals surface area contributed by atoms with Crippen molar-refractivity contribution in [1.82, 2.24) is 20.4 Å². The van der Waals surface area contributed by atoms with Gasteiger partial charge in [-0.25, -0.2) is 0 Å². The Morgan fingerprint density at radius 3 is 2.89 bits per heavy atom. The van der Waals surface area contributed by atoms with Gasteiger partial charge >= 0.3 is 5.97 Å². The molecule has 1 aliphatic heterocycles. The Kier molecular flexibility index (Phi) is 6.28. The molecule has 0 atom stereocenters. The van der Waals surface area contributed by atoms with E-state index in [2.05, 4.69) is 25.3 Å². The number of nitrogens with one attached hydrogen (secondary N) is 1. The Balaban J connectivity index is 1.55. The van der Waals surface area contributed by atoms with E-state index in [-0.39, 0.29) is 11.9 Å². The minimum atomic E-state index is -0.142. The molecule has 2 heterocycles. The van der Waals surface area contributed by atoms with E-state index in [4.69, 9.17) is 20.9 Å². The fourth-order valence-electron chi connectivity index (χ4n) is 3.05. The second-order valence-electron chi connectivity index (χ2n) is 6.21. The van der Waals surface area contributed by atoms with Gasteiger partial charge in [0.05, 0.1) is 19.6 Å². The number of methoxy groups -OCH3 is 1. The smallest absolute Gasteiger partial charge is 0.308 e. The average Bonchev–Trinajstić information content (AvgIpc) is 3.17. The number of aromatic nitrogens is 2. The molecule has 1 aromatic heterocycles. The first kappa shape index (κ1) is 19.2. The standard InChI is InChI=1S/C18H22ClN5O3/c1-20-18(24-8-6-12(7-9-24)17(25)26-2)21-11-15-22-16(23-27-15)13-4-3-5-14(19)10-13/h3-5,10,12H,6-9,11H2,1-2H3,(H,20,21). The number of carbonyl (C=O) groups excluding carboxylic acids is 1. The Labute approximate surface area is 162 Å². The van der Waals surface area contributed by atoms with Crippen molar-refractivity contribution in [2.75, 3.05) is 27.2 Å². The normalized spacial score (nSPS) is 15.7. The predicted octanol–water partition coefficient (Wildman–Crippen LogP) is 2.35. The summed E-state index contributed by atoms with van der Waals surface area (Å²) in [6.45, 7) is 1.82. The molecule has 1 saturated heterocycles. The lowest BCUT2D eigenvalue weighted by Crippen LogP contribution is -2.46. The predicted molar refractivity (Wildman–Crippen MR) is 101 cm³/mol. The van der Waals surface area contributed by atoms with Gasteiger partial charge in [0, 0.05) is 30.7 Å². The summed E-state index contributed by atoms with van der Waals surface area (Å²) in [7, 11) is 3.15. The van der Waals surface area contributed by atoms with Crippen LogP contribution in [0.3, 0.4) is 0 Å². The lowest BCUT2D eigenvalue weighted by atomic mass is 9.97. The SMILES string of the molecule is CN=C(NCc1nc(-c2cccc(Cl)c2)no1)N1CCC(C(=O)OC)CC1. The van der Waals surface area contributed by atoms with E-state index in [1.54, 1.807) is 19.2 Å². The van der Waals surface area contributed by atoms with Crippen LogP contribution >= 0.6 is 11.6 Å². The highest BCUT2D eigenvalue weighted by Crippen LogP contribution is 2.20. The van der Waals surface area contributed by atoms with Crippen LogP contribution in [0.2, 0.25) is 5.02 Å². The number of hydrogen-bond acceptors (Lipinski definition) is 6. The molecule has 0 amide bonds. The summed E-state index contributed by atoms with van der Waals surface area (Å²) in [6, 6.07) is 7.29. The van der Waals surface area contributed by atoms with E-state index in [1.165, 1.54) is 7.11 Å². The number of hydrogen-bond donors (Lipinski definition) is 1. The van der Waals surface area contributed by atoms with Gasteiger partial charge < -0.3 is 19.5 Å². The number of aliphatic imine (C=N–C) groups is 1. The molecule has 1 N–H and O–H groups in total. The third-order valence-electron chi connectivity index (χ3n) is 4.49. The second kappa shape index (κ2) is 8.85. The van der Waals surface area contributed by atoms with Gasteiger partial charge in [0.1, 0.15) is 0 Å². The van der Waals surface area contributed by atoms with E-state index in [0.29, 0.717) is 23.3 Å². The molecule has 1 fully saturated rings. The summed E-state index contributed by atoms with van der Waals surface area (Å²) >= 11 is 6.00. The third-order valence-corrected chi connectivity index (χ3v) is 4.72. The number of carbonyl (C=O) groups is 1. The van der Waals surface area contributed by atoms with Crippen LogP contribution in [-0.2, 0) is 16.1 Å². The zero-order chi connectivity index (χ0) is 19.2. The zero-order valence-electron chi connectivity index (χ0n) is 15.3. The number of guanidine groups is 1. The molecule has 0 bridgehead atoms.